The van der Waals surface area contributed by atoms with Gasteiger partial charge in [-0.25, -0.2) is 9.98 Å². The molecule has 1 unspecified atom stereocenters. The van der Waals surface area contributed by atoms with Gasteiger partial charge < -0.3 is 15.5 Å². The van der Waals surface area contributed by atoms with Crippen LogP contribution in [-0.2, 0) is 20.0 Å². The summed E-state index contributed by atoms with van der Waals surface area (Å²) in [5, 5.41) is 11.5. The number of anilines is 1. The molecule has 3 rings (SSSR count). The van der Waals surface area contributed by atoms with Crippen LogP contribution in [0.15, 0.2) is 23.3 Å². The van der Waals surface area contributed by atoms with Crippen LogP contribution in [0.5, 0.6) is 0 Å². The molecule has 1 aliphatic rings. The van der Waals surface area contributed by atoms with Crippen LogP contribution >= 0.6 is 0 Å². The molecular weight excluding hydrogens is 374 g/mol. The highest BCUT2D eigenvalue weighted by Crippen LogP contribution is 2.19. The number of pyridine rings is 1. The van der Waals surface area contributed by atoms with Crippen LogP contribution in [0.25, 0.3) is 0 Å². The van der Waals surface area contributed by atoms with E-state index in [4.69, 9.17) is 4.99 Å². The van der Waals surface area contributed by atoms with Crippen molar-refractivity contribution in [2.24, 2.45) is 12.0 Å². The monoisotopic (exact) mass is 411 g/mol. The number of guanidine groups is 1. The second-order valence-electron chi connectivity index (χ2n) is 8.29. The summed E-state index contributed by atoms with van der Waals surface area (Å²) >= 11 is 0. The molecule has 0 saturated carbocycles. The minimum Gasteiger partial charge on any atom is -0.357 e. The third kappa shape index (κ3) is 5.74. The Labute approximate surface area is 181 Å². The Kier molecular flexibility index (Phi) is 7.71. The first kappa shape index (κ1) is 22.1. The Morgan fingerprint density at radius 2 is 2.00 bits per heavy atom. The molecule has 164 valence electrons. The summed E-state index contributed by atoms with van der Waals surface area (Å²) in [4.78, 5) is 11.8. The van der Waals surface area contributed by atoms with Gasteiger partial charge in [0.2, 0.25) is 0 Å². The highest BCUT2D eigenvalue weighted by molar-refractivity contribution is 5.80. The molecule has 3 heterocycles. The van der Waals surface area contributed by atoms with E-state index in [-0.39, 0.29) is 6.04 Å². The van der Waals surface area contributed by atoms with Crippen LogP contribution in [0.1, 0.15) is 55.6 Å². The Balaban J connectivity index is 1.64. The van der Waals surface area contributed by atoms with Crippen LogP contribution in [0.4, 0.5) is 5.82 Å². The summed E-state index contributed by atoms with van der Waals surface area (Å²) in [6.07, 6.45) is 6.67. The highest BCUT2D eigenvalue weighted by Gasteiger charge is 2.15. The van der Waals surface area contributed by atoms with Crippen molar-refractivity contribution in [3.8, 4) is 0 Å². The number of aryl methyl sites for hydroxylation is 2. The minimum atomic E-state index is 0.255. The topological polar surface area (TPSA) is 70.4 Å². The number of hydrogen-bond acceptors (Lipinski definition) is 4. The van der Waals surface area contributed by atoms with E-state index in [9.17, 15) is 0 Å². The third-order valence-electron chi connectivity index (χ3n) is 5.81. The normalized spacial score (nSPS) is 15.9. The van der Waals surface area contributed by atoms with Gasteiger partial charge >= 0.3 is 0 Å². The Hall–Kier alpha value is -2.57. The molecule has 30 heavy (non-hydrogen) atoms. The van der Waals surface area contributed by atoms with E-state index in [1.54, 1.807) is 0 Å². The first-order chi connectivity index (χ1) is 14.5. The van der Waals surface area contributed by atoms with Crippen LogP contribution in [0.3, 0.4) is 0 Å². The summed E-state index contributed by atoms with van der Waals surface area (Å²) in [5.41, 5.74) is 4.83. The second kappa shape index (κ2) is 10.5. The summed E-state index contributed by atoms with van der Waals surface area (Å²) < 4.78 is 1.96. The maximum atomic E-state index is 4.83. The summed E-state index contributed by atoms with van der Waals surface area (Å²) in [5.74, 6) is 1.93. The molecule has 0 radical (unpaired) electrons. The molecule has 2 aromatic heterocycles. The predicted octanol–water partition coefficient (Wildman–Crippen LogP) is 3.11. The lowest BCUT2D eigenvalue weighted by Gasteiger charge is -2.27. The molecule has 1 fully saturated rings. The molecule has 0 bridgehead atoms. The van der Waals surface area contributed by atoms with Crippen molar-refractivity contribution in [1.29, 1.82) is 0 Å². The van der Waals surface area contributed by atoms with Gasteiger partial charge in [-0.1, -0.05) is 0 Å². The highest BCUT2D eigenvalue weighted by atomic mass is 15.3. The fraction of sp³-hybridized carbons (Fsp3) is 0.609. The predicted molar refractivity (Wildman–Crippen MR) is 124 cm³/mol. The van der Waals surface area contributed by atoms with Crippen molar-refractivity contribution in [2.75, 3.05) is 24.5 Å². The summed E-state index contributed by atoms with van der Waals surface area (Å²) in [6, 6.07) is 4.50. The van der Waals surface area contributed by atoms with Crippen LogP contribution in [0.2, 0.25) is 0 Å². The van der Waals surface area contributed by atoms with Crippen molar-refractivity contribution >= 4 is 11.8 Å². The van der Waals surface area contributed by atoms with Crippen molar-refractivity contribution < 1.29 is 0 Å². The van der Waals surface area contributed by atoms with Gasteiger partial charge in [0.05, 0.1) is 12.2 Å². The number of hydrogen-bond donors (Lipinski definition) is 2. The average molecular weight is 412 g/mol. The zero-order valence-electron chi connectivity index (χ0n) is 19.2. The molecule has 1 saturated heterocycles. The molecular formula is C23H37N7. The van der Waals surface area contributed by atoms with E-state index >= 15 is 0 Å². The SMILES string of the molecule is CCNC(=NCc1ccnc(N2CCCCC2)c1)NC(C)Cc1c(C)nn(C)c1C. The number of aromatic nitrogens is 3. The Bertz CT molecular complexity index is 849. The molecule has 2 N–H and O–H groups in total. The molecule has 7 nitrogen and oxygen atoms in total. The van der Waals surface area contributed by atoms with E-state index < -0.39 is 0 Å². The maximum Gasteiger partial charge on any atom is 0.191 e. The molecule has 1 aliphatic heterocycles. The number of piperidine rings is 1. The van der Waals surface area contributed by atoms with Crippen molar-refractivity contribution in [3.05, 3.63) is 40.8 Å². The largest absolute Gasteiger partial charge is 0.357 e. The van der Waals surface area contributed by atoms with E-state index in [0.29, 0.717) is 6.54 Å². The fourth-order valence-corrected chi connectivity index (χ4v) is 4.05. The third-order valence-corrected chi connectivity index (χ3v) is 5.81. The zero-order valence-corrected chi connectivity index (χ0v) is 19.2. The molecule has 0 aliphatic carbocycles. The Morgan fingerprint density at radius 1 is 1.23 bits per heavy atom. The van der Waals surface area contributed by atoms with Gasteiger partial charge in [0.25, 0.3) is 0 Å². The van der Waals surface area contributed by atoms with Gasteiger partial charge in [-0.3, -0.25) is 4.68 Å². The van der Waals surface area contributed by atoms with E-state index in [0.717, 1.165) is 43.5 Å². The first-order valence-corrected chi connectivity index (χ1v) is 11.2. The lowest BCUT2D eigenvalue weighted by molar-refractivity contribution is 0.573. The van der Waals surface area contributed by atoms with Gasteiger partial charge in [-0.2, -0.15) is 5.10 Å². The Morgan fingerprint density at radius 3 is 2.67 bits per heavy atom. The molecule has 7 heteroatoms. The summed E-state index contributed by atoms with van der Waals surface area (Å²) in [7, 11) is 2.00. The smallest absolute Gasteiger partial charge is 0.191 e. The fourth-order valence-electron chi connectivity index (χ4n) is 4.05. The molecule has 0 spiro atoms. The lowest BCUT2D eigenvalue weighted by atomic mass is 10.1. The van der Waals surface area contributed by atoms with E-state index in [1.165, 1.54) is 36.1 Å². The van der Waals surface area contributed by atoms with Crippen LogP contribution in [-0.4, -0.2) is 46.4 Å². The van der Waals surface area contributed by atoms with Gasteiger partial charge in [-0.05, 0) is 76.6 Å². The van der Waals surface area contributed by atoms with Gasteiger partial charge in [-0.15, -0.1) is 0 Å². The number of nitrogens with zero attached hydrogens (tertiary/aromatic N) is 5. The lowest BCUT2D eigenvalue weighted by Crippen LogP contribution is -2.43. The van der Waals surface area contributed by atoms with E-state index in [1.807, 2.05) is 17.9 Å². The van der Waals surface area contributed by atoms with Crippen molar-refractivity contribution in [1.82, 2.24) is 25.4 Å². The molecule has 0 amide bonds. The van der Waals surface area contributed by atoms with Crippen molar-refractivity contribution in [3.63, 3.8) is 0 Å². The van der Waals surface area contributed by atoms with Gasteiger partial charge in [0.1, 0.15) is 5.82 Å². The molecule has 2 aromatic rings. The van der Waals surface area contributed by atoms with Crippen LogP contribution < -0.4 is 15.5 Å². The quantitative estimate of drug-likeness (QED) is 0.541. The molecule has 0 aromatic carbocycles. The number of nitrogens with one attached hydrogen (secondary N) is 2. The van der Waals surface area contributed by atoms with Gasteiger partial charge in [0, 0.05) is 44.6 Å². The number of aliphatic imine (C=N–C) groups is 1. The standard InChI is InChI=1S/C23H37N7/c1-6-24-23(27-17(2)14-21-18(3)28-29(5)19(21)4)26-16-20-10-11-25-22(15-20)30-12-8-7-9-13-30/h10-11,15,17H,6-9,12-14,16H2,1-5H3,(H2,24,26,27). The van der Waals surface area contributed by atoms with Crippen LogP contribution in [0, 0.1) is 13.8 Å². The first-order valence-electron chi connectivity index (χ1n) is 11.2. The second-order valence-corrected chi connectivity index (χ2v) is 8.29. The van der Waals surface area contributed by atoms with E-state index in [2.05, 4.69) is 65.4 Å². The molecule has 1 atom stereocenters. The zero-order chi connectivity index (χ0) is 21.5. The minimum absolute atomic E-state index is 0.255. The van der Waals surface area contributed by atoms with Gasteiger partial charge in [0.15, 0.2) is 5.96 Å². The maximum absolute atomic E-state index is 4.83. The van der Waals surface area contributed by atoms with Crippen molar-refractivity contribution in [2.45, 2.75) is 66.0 Å². The number of rotatable bonds is 7. The average Bonchev–Trinajstić information content (AvgIpc) is 2.99. The summed E-state index contributed by atoms with van der Waals surface area (Å²) in [6.45, 7) is 12.2.